The van der Waals surface area contributed by atoms with Crippen molar-refractivity contribution in [2.75, 3.05) is 0 Å². The molecule has 2 saturated carbocycles. The van der Waals surface area contributed by atoms with Crippen LogP contribution in [0.2, 0.25) is 0 Å². The third kappa shape index (κ3) is 6.37. The van der Waals surface area contributed by atoms with Crippen molar-refractivity contribution < 1.29 is 17.1 Å². The molecule has 0 unspecified atom stereocenters. The van der Waals surface area contributed by atoms with Crippen molar-refractivity contribution in [1.82, 2.24) is 0 Å². The molecule has 0 saturated heterocycles. The molecule has 0 aromatic heterocycles. The summed E-state index contributed by atoms with van der Waals surface area (Å²) < 4.78 is 0. The van der Waals surface area contributed by atoms with Gasteiger partial charge in [0.25, 0.3) is 0 Å². The van der Waals surface area contributed by atoms with Gasteiger partial charge in [-0.25, -0.2) is 0 Å². The van der Waals surface area contributed by atoms with Crippen molar-refractivity contribution in [2.24, 2.45) is 0 Å². The summed E-state index contributed by atoms with van der Waals surface area (Å²) in [4.78, 5) is 0. The van der Waals surface area contributed by atoms with Gasteiger partial charge in [-0.3, -0.25) is 0 Å². The van der Waals surface area contributed by atoms with Gasteiger partial charge >= 0.3 is 17.1 Å². The van der Waals surface area contributed by atoms with Crippen LogP contribution < -0.4 is 0 Å². The Hall–Kier alpha value is -1.30. The minimum absolute atomic E-state index is 0. The molecule has 2 fully saturated rings. The molecule has 0 heterocycles. The van der Waals surface area contributed by atoms with E-state index in [1.54, 1.807) is 0 Å². The normalized spacial score (nSPS) is 16.2. The summed E-state index contributed by atoms with van der Waals surface area (Å²) >= 11 is 0. The maximum atomic E-state index is 2.23. The first-order valence-corrected chi connectivity index (χ1v) is 9.13. The Morgan fingerprint density at radius 3 is 1.37 bits per heavy atom. The molecule has 134 valence electrons. The summed E-state index contributed by atoms with van der Waals surface area (Å²) in [6.45, 7) is 2.23. The van der Waals surface area contributed by atoms with Crippen LogP contribution in [0.3, 0.4) is 0 Å². The predicted molar refractivity (Wildman–Crippen MR) is 111 cm³/mol. The average molecular weight is 392 g/mol. The molecule has 0 nitrogen and oxygen atoms in total. The third-order valence-electron chi connectivity index (χ3n) is 4.35. The number of hydrogen-bond donors (Lipinski definition) is 0. The fraction of sp³-hybridized carbons (Fsp3) is 0.0769. The topological polar surface area (TPSA) is 0 Å². The van der Waals surface area contributed by atoms with Crippen LogP contribution in [0.15, 0.2) is 66.2 Å². The van der Waals surface area contributed by atoms with E-state index >= 15 is 0 Å². The van der Waals surface area contributed by atoms with E-state index in [0.29, 0.717) is 0 Å². The first-order valence-electron chi connectivity index (χ1n) is 9.13. The Balaban J connectivity index is 0.000000379. The van der Waals surface area contributed by atoms with Crippen LogP contribution in [0.1, 0.15) is 24.5 Å². The van der Waals surface area contributed by atoms with Gasteiger partial charge < -0.3 is 0 Å². The van der Waals surface area contributed by atoms with Gasteiger partial charge in [-0.1, -0.05) is 73.2 Å². The summed E-state index contributed by atoms with van der Waals surface area (Å²) in [6.07, 6.45) is 19.6. The van der Waals surface area contributed by atoms with Gasteiger partial charge in [-0.2, -0.15) is 0 Å². The molecule has 0 spiro atoms. The first-order chi connectivity index (χ1) is 12.9. The van der Waals surface area contributed by atoms with Gasteiger partial charge in [0.05, 0.1) is 0 Å². The van der Waals surface area contributed by atoms with E-state index in [2.05, 4.69) is 93.3 Å². The fourth-order valence-electron chi connectivity index (χ4n) is 3.15. The van der Waals surface area contributed by atoms with E-state index in [9.17, 15) is 0 Å². The monoisotopic (exact) mass is 392 g/mol. The molecule has 2 aliphatic rings. The number of benzene rings is 2. The second kappa shape index (κ2) is 12.2. The molecular weight excluding hydrogens is 368 g/mol. The van der Waals surface area contributed by atoms with Crippen LogP contribution >= 0.6 is 0 Å². The molecule has 0 aliphatic heterocycles. The largest absolute Gasteiger partial charge is 2.00 e. The first kappa shape index (κ1) is 22.0. The molecule has 10 radical (unpaired) electrons. The molecule has 27 heavy (non-hydrogen) atoms. The fourth-order valence-corrected chi connectivity index (χ4v) is 3.15. The second-order valence-electron chi connectivity index (χ2n) is 6.07. The van der Waals surface area contributed by atoms with Crippen LogP contribution in [0.4, 0.5) is 0 Å². The minimum Gasteiger partial charge on any atom is -0.0622 e. The zero-order valence-electron chi connectivity index (χ0n) is 15.5. The maximum Gasteiger partial charge on any atom is 2.00 e. The van der Waals surface area contributed by atoms with Crippen molar-refractivity contribution in [1.29, 1.82) is 0 Å². The van der Waals surface area contributed by atoms with E-state index < -0.39 is 0 Å². The molecule has 0 atom stereocenters. The standard InChI is InChI=1S/C21H19.C5H5.Fe/c1-2-20(17-11-9-10-12-17)21(18-13-5-3-6-14-18)19-15-7-4-8-16-19;1-2-4-5-3-1;/h3-16H,2H2,1H3;1-5H;/q;;+2. The summed E-state index contributed by atoms with van der Waals surface area (Å²) in [5, 5.41) is 0. The Bertz CT molecular complexity index is 613. The van der Waals surface area contributed by atoms with E-state index in [-0.39, 0.29) is 17.1 Å². The predicted octanol–water partition coefficient (Wildman–Crippen LogP) is 6.32. The average Bonchev–Trinajstić information content (AvgIpc) is 3.44. The summed E-state index contributed by atoms with van der Waals surface area (Å²) in [5.74, 6) is 1.32. The molecular formula is C26H24Fe+2. The Morgan fingerprint density at radius 1 is 0.593 bits per heavy atom. The van der Waals surface area contributed by atoms with Crippen molar-refractivity contribution >= 4 is 5.57 Å². The summed E-state index contributed by atoms with van der Waals surface area (Å²) in [7, 11) is 0. The zero-order chi connectivity index (χ0) is 18.0. The third-order valence-corrected chi connectivity index (χ3v) is 4.35. The van der Waals surface area contributed by atoms with E-state index in [1.807, 2.05) is 32.1 Å². The molecule has 0 bridgehead atoms. The van der Waals surface area contributed by atoms with Crippen LogP contribution in [0.25, 0.3) is 5.57 Å². The van der Waals surface area contributed by atoms with Gasteiger partial charge in [0.1, 0.15) is 0 Å². The Morgan fingerprint density at radius 2 is 1.00 bits per heavy atom. The number of rotatable bonds is 4. The molecule has 0 amide bonds. The zero-order valence-corrected chi connectivity index (χ0v) is 16.6. The van der Waals surface area contributed by atoms with Crippen LogP contribution in [-0.2, 0) is 17.1 Å². The van der Waals surface area contributed by atoms with E-state index in [1.165, 1.54) is 28.2 Å². The Kier molecular flexibility index (Phi) is 9.95. The van der Waals surface area contributed by atoms with Gasteiger partial charge in [0, 0.05) is 5.92 Å². The maximum absolute atomic E-state index is 2.23. The van der Waals surface area contributed by atoms with Gasteiger partial charge in [0.2, 0.25) is 0 Å². The van der Waals surface area contributed by atoms with Gasteiger partial charge in [-0.15, -0.1) is 0 Å². The molecule has 2 aromatic rings. The van der Waals surface area contributed by atoms with Crippen LogP contribution in [0.5, 0.6) is 0 Å². The SMILES string of the molecule is CCC([C]1[CH][CH][CH][CH]1)=C(c1ccccc1)c1ccccc1.[CH]1[CH][CH][CH][CH]1.[Fe+2]. The number of allylic oxidation sites excluding steroid dienone is 1. The van der Waals surface area contributed by atoms with Crippen molar-refractivity contribution in [3.8, 4) is 0 Å². The van der Waals surface area contributed by atoms with E-state index in [0.717, 1.165) is 6.42 Å². The molecule has 1 heteroatoms. The van der Waals surface area contributed by atoms with Crippen molar-refractivity contribution in [3.63, 3.8) is 0 Å². The smallest absolute Gasteiger partial charge is 0.0622 e. The summed E-state index contributed by atoms with van der Waals surface area (Å²) in [5.41, 5.74) is 5.30. The van der Waals surface area contributed by atoms with Crippen molar-refractivity contribution in [2.45, 2.75) is 13.3 Å². The Labute approximate surface area is 176 Å². The molecule has 4 rings (SSSR count). The van der Waals surface area contributed by atoms with Crippen LogP contribution in [-0.4, -0.2) is 0 Å². The van der Waals surface area contributed by atoms with E-state index in [4.69, 9.17) is 0 Å². The van der Waals surface area contributed by atoms with Gasteiger partial charge in [-0.05, 0) is 80.9 Å². The molecule has 0 N–H and O–H groups in total. The quantitative estimate of drug-likeness (QED) is 0.534. The number of hydrogen-bond acceptors (Lipinski definition) is 0. The second-order valence-corrected chi connectivity index (χ2v) is 6.07. The molecule has 2 aromatic carbocycles. The van der Waals surface area contributed by atoms with Gasteiger partial charge in [0.15, 0.2) is 0 Å². The summed E-state index contributed by atoms with van der Waals surface area (Å²) in [6, 6.07) is 21.4. The molecule has 2 aliphatic carbocycles. The van der Waals surface area contributed by atoms with Crippen molar-refractivity contribution in [3.05, 3.63) is 141 Å². The minimum atomic E-state index is 0. The van der Waals surface area contributed by atoms with Crippen LogP contribution in [0, 0.1) is 63.7 Å².